The van der Waals surface area contributed by atoms with Crippen LogP contribution in [0.15, 0.2) is 33.7 Å². The molecule has 0 unspecified atom stereocenters. The van der Waals surface area contributed by atoms with Crippen molar-refractivity contribution in [1.82, 2.24) is 9.71 Å². The lowest BCUT2D eigenvalue weighted by Crippen LogP contribution is -2.23. The quantitative estimate of drug-likeness (QED) is 0.842. The van der Waals surface area contributed by atoms with Crippen molar-refractivity contribution < 1.29 is 12.8 Å². The summed E-state index contributed by atoms with van der Waals surface area (Å²) in [7, 11) is -3.61. The number of oxazole rings is 1. The van der Waals surface area contributed by atoms with Crippen LogP contribution in [0.5, 0.6) is 0 Å². The van der Waals surface area contributed by atoms with E-state index < -0.39 is 10.0 Å². The zero-order valence-electron chi connectivity index (χ0n) is 12.1. The van der Waals surface area contributed by atoms with E-state index in [9.17, 15) is 8.42 Å². The molecule has 2 aromatic rings. The molecule has 0 spiro atoms. The fraction of sp³-hybridized carbons (Fsp3) is 0.357. The number of aryl methyl sites for hydroxylation is 2. The van der Waals surface area contributed by atoms with Crippen molar-refractivity contribution in [2.24, 2.45) is 5.73 Å². The largest absolute Gasteiger partial charge is 0.444 e. The SMILES string of the molecule is CCc1cnc(CNS(=O)(=O)c2ccc(C)c(CN)c2)o1. The van der Waals surface area contributed by atoms with E-state index in [0.29, 0.717) is 12.4 Å². The van der Waals surface area contributed by atoms with Gasteiger partial charge in [-0.15, -0.1) is 0 Å². The normalized spacial score (nSPS) is 11.8. The monoisotopic (exact) mass is 309 g/mol. The van der Waals surface area contributed by atoms with Crippen LogP contribution in [0.3, 0.4) is 0 Å². The number of nitrogens with two attached hydrogens (primary N) is 1. The molecular weight excluding hydrogens is 290 g/mol. The molecule has 1 aromatic heterocycles. The summed E-state index contributed by atoms with van der Waals surface area (Å²) in [6.07, 6.45) is 2.32. The second-order valence-corrected chi connectivity index (χ2v) is 6.46. The number of aromatic nitrogens is 1. The highest BCUT2D eigenvalue weighted by atomic mass is 32.2. The summed E-state index contributed by atoms with van der Waals surface area (Å²) in [5.41, 5.74) is 7.38. The minimum atomic E-state index is -3.61. The smallest absolute Gasteiger partial charge is 0.241 e. The van der Waals surface area contributed by atoms with Crippen molar-refractivity contribution in [3.05, 3.63) is 47.2 Å². The third-order valence-corrected chi connectivity index (χ3v) is 4.61. The molecule has 114 valence electrons. The zero-order chi connectivity index (χ0) is 15.5. The zero-order valence-corrected chi connectivity index (χ0v) is 12.9. The van der Waals surface area contributed by atoms with E-state index in [1.807, 2.05) is 13.8 Å². The highest BCUT2D eigenvalue weighted by Gasteiger charge is 2.16. The molecule has 2 rings (SSSR count). The molecule has 0 saturated heterocycles. The van der Waals surface area contributed by atoms with E-state index in [0.717, 1.165) is 23.3 Å². The average Bonchev–Trinajstić information content (AvgIpc) is 2.93. The predicted molar refractivity (Wildman–Crippen MR) is 79.0 cm³/mol. The maximum atomic E-state index is 12.2. The fourth-order valence-electron chi connectivity index (χ4n) is 1.87. The van der Waals surface area contributed by atoms with Crippen molar-refractivity contribution in [2.75, 3.05) is 0 Å². The molecule has 0 fully saturated rings. The van der Waals surface area contributed by atoms with Gasteiger partial charge in [0.15, 0.2) is 0 Å². The summed E-state index contributed by atoms with van der Waals surface area (Å²) in [6, 6.07) is 4.89. The Hall–Kier alpha value is -1.70. The Bertz CT molecular complexity index is 723. The first-order valence-corrected chi connectivity index (χ1v) is 8.17. The maximum Gasteiger partial charge on any atom is 0.241 e. The van der Waals surface area contributed by atoms with Crippen LogP contribution >= 0.6 is 0 Å². The molecule has 21 heavy (non-hydrogen) atoms. The van der Waals surface area contributed by atoms with Gasteiger partial charge >= 0.3 is 0 Å². The first-order valence-electron chi connectivity index (χ1n) is 6.69. The Morgan fingerprint density at radius 1 is 1.38 bits per heavy atom. The van der Waals surface area contributed by atoms with Gasteiger partial charge < -0.3 is 10.2 Å². The highest BCUT2D eigenvalue weighted by Crippen LogP contribution is 2.15. The molecule has 0 aliphatic carbocycles. The Kier molecular flexibility index (Phi) is 4.76. The second kappa shape index (κ2) is 6.38. The van der Waals surface area contributed by atoms with Gasteiger partial charge in [-0.05, 0) is 30.2 Å². The van der Waals surface area contributed by atoms with E-state index in [2.05, 4.69) is 9.71 Å². The van der Waals surface area contributed by atoms with Crippen molar-refractivity contribution >= 4 is 10.0 Å². The number of sulfonamides is 1. The van der Waals surface area contributed by atoms with Crippen LogP contribution in [0.25, 0.3) is 0 Å². The molecule has 0 radical (unpaired) electrons. The molecule has 7 heteroatoms. The van der Waals surface area contributed by atoms with Crippen molar-refractivity contribution in [1.29, 1.82) is 0 Å². The molecule has 0 amide bonds. The first kappa shape index (κ1) is 15.7. The van der Waals surface area contributed by atoms with Gasteiger partial charge in [0.2, 0.25) is 15.9 Å². The van der Waals surface area contributed by atoms with Crippen LogP contribution in [0, 0.1) is 6.92 Å². The lowest BCUT2D eigenvalue weighted by atomic mass is 10.1. The Balaban J connectivity index is 2.14. The number of hydrogen-bond acceptors (Lipinski definition) is 5. The van der Waals surface area contributed by atoms with Gasteiger partial charge in [-0.3, -0.25) is 0 Å². The van der Waals surface area contributed by atoms with Gasteiger partial charge in [0.05, 0.1) is 17.6 Å². The van der Waals surface area contributed by atoms with Crippen LogP contribution in [0.2, 0.25) is 0 Å². The van der Waals surface area contributed by atoms with Crippen LogP contribution in [0.4, 0.5) is 0 Å². The van der Waals surface area contributed by atoms with Crippen molar-refractivity contribution in [3.8, 4) is 0 Å². The summed E-state index contributed by atoms with van der Waals surface area (Å²) in [4.78, 5) is 4.21. The lowest BCUT2D eigenvalue weighted by molar-refractivity contribution is 0.452. The van der Waals surface area contributed by atoms with Crippen molar-refractivity contribution in [3.63, 3.8) is 0 Å². The van der Waals surface area contributed by atoms with Crippen LogP contribution < -0.4 is 10.5 Å². The number of benzene rings is 1. The summed E-state index contributed by atoms with van der Waals surface area (Å²) in [5, 5.41) is 0. The van der Waals surface area contributed by atoms with Gasteiger partial charge in [0.1, 0.15) is 5.76 Å². The number of hydrogen-bond donors (Lipinski definition) is 2. The molecule has 0 saturated carbocycles. The number of rotatable bonds is 6. The van der Waals surface area contributed by atoms with Gasteiger partial charge in [0.25, 0.3) is 0 Å². The Morgan fingerprint density at radius 3 is 2.76 bits per heavy atom. The second-order valence-electron chi connectivity index (χ2n) is 4.69. The third kappa shape index (κ3) is 3.69. The van der Waals surface area contributed by atoms with E-state index in [1.54, 1.807) is 24.4 Å². The van der Waals surface area contributed by atoms with Gasteiger partial charge in [-0.1, -0.05) is 13.0 Å². The number of nitrogens with one attached hydrogen (secondary N) is 1. The molecule has 1 aromatic carbocycles. The molecule has 6 nitrogen and oxygen atoms in total. The molecule has 1 heterocycles. The Morgan fingerprint density at radius 2 is 2.14 bits per heavy atom. The van der Waals surface area contributed by atoms with E-state index in [4.69, 9.17) is 10.2 Å². The summed E-state index contributed by atoms with van der Waals surface area (Å²) < 4.78 is 32.3. The molecule has 0 bridgehead atoms. The molecule has 0 aliphatic rings. The van der Waals surface area contributed by atoms with E-state index in [1.165, 1.54) is 0 Å². The van der Waals surface area contributed by atoms with Gasteiger partial charge in [-0.2, -0.15) is 0 Å². The average molecular weight is 309 g/mol. The summed E-state index contributed by atoms with van der Waals surface area (Å²) in [6.45, 7) is 4.16. The summed E-state index contributed by atoms with van der Waals surface area (Å²) in [5.74, 6) is 1.08. The molecule has 0 aliphatic heterocycles. The Labute approximate surface area is 124 Å². The topological polar surface area (TPSA) is 98.2 Å². The van der Waals surface area contributed by atoms with E-state index in [-0.39, 0.29) is 11.4 Å². The van der Waals surface area contributed by atoms with Gasteiger partial charge in [-0.25, -0.2) is 18.1 Å². The highest BCUT2D eigenvalue weighted by molar-refractivity contribution is 7.89. The predicted octanol–water partition coefficient (Wildman–Crippen LogP) is 1.48. The number of nitrogens with zero attached hydrogens (tertiary/aromatic N) is 1. The van der Waals surface area contributed by atoms with Crippen LogP contribution in [-0.2, 0) is 29.5 Å². The molecule has 3 N–H and O–H groups in total. The summed E-state index contributed by atoms with van der Waals surface area (Å²) >= 11 is 0. The van der Waals surface area contributed by atoms with E-state index >= 15 is 0 Å². The third-order valence-electron chi connectivity index (χ3n) is 3.21. The van der Waals surface area contributed by atoms with Crippen molar-refractivity contribution in [2.45, 2.75) is 38.3 Å². The van der Waals surface area contributed by atoms with Crippen LogP contribution in [0.1, 0.15) is 29.7 Å². The maximum absolute atomic E-state index is 12.2. The fourth-order valence-corrected chi connectivity index (χ4v) is 2.89. The van der Waals surface area contributed by atoms with Gasteiger partial charge in [0, 0.05) is 13.0 Å². The molecular formula is C14H19N3O3S. The standard InChI is InChI=1S/C14H19N3O3S/c1-3-12-8-16-14(20-12)9-17-21(18,19)13-5-4-10(2)11(6-13)7-15/h4-6,8,17H,3,7,9,15H2,1-2H3. The minimum Gasteiger partial charge on any atom is -0.444 e. The molecule has 0 atom stereocenters. The lowest BCUT2D eigenvalue weighted by Gasteiger charge is -2.08. The van der Waals surface area contributed by atoms with Crippen LogP contribution in [-0.4, -0.2) is 13.4 Å². The minimum absolute atomic E-state index is 0.0220. The first-order chi connectivity index (χ1) is 9.96.